The van der Waals surface area contributed by atoms with Crippen molar-refractivity contribution in [3.63, 3.8) is 0 Å². The molecule has 1 aromatic carbocycles. The molecule has 3 heterocycles. The van der Waals surface area contributed by atoms with E-state index in [0.29, 0.717) is 35.9 Å². The van der Waals surface area contributed by atoms with Gasteiger partial charge in [-0.1, -0.05) is 60.9 Å². The summed E-state index contributed by atoms with van der Waals surface area (Å²) in [4.78, 5) is 21.5. The lowest BCUT2D eigenvalue weighted by Crippen LogP contribution is -2.48. The molecular weight excluding hydrogens is 452 g/mol. The maximum atomic E-state index is 12.8. The van der Waals surface area contributed by atoms with Crippen LogP contribution in [-0.2, 0) is 11.3 Å². The first-order valence-electron chi connectivity index (χ1n) is 11.7. The van der Waals surface area contributed by atoms with Crippen LogP contribution in [0, 0.1) is 12.8 Å². The van der Waals surface area contributed by atoms with E-state index in [-0.39, 0.29) is 11.9 Å². The summed E-state index contributed by atoms with van der Waals surface area (Å²) in [6, 6.07) is 9.76. The number of carbonyl (C=O) groups excluding carboxylic acids is 1. The van der Waals surface area contributed by atoms with E-state index in [4.69, 9.17) is 16.1 Å². The number of amides is 1. The standard InChI is InChI=1S/C25H31ClN6O2/c1-17(2)16-32-23(26)21(18(3)28-32)10-11-22(33)31-14-12-30(13-15-31)19(4)25-27-24(29-34-25)20-8-6-5-7-9-20/h5-11,17,19H,12-16H2,1-4H3/b11-10+. The molecule has 2 aromatic heterocycles. The molecule has 0 aliphatic carbocycles. The summed E-state index contributed by atoms with van der Waals surface area (Å²) in [5.74, 6) is 1.59. The number of rotatable bonds is 7. The van der Waals surface area contributed by atoms with E-state index in [1.807, 2.05) is 42.2 Å². The van der Waals surface area contributed by atoms with Crippen molar-refractivity contribution in [1.29, 1.82) is 0 Å². The van der Waals surface area contributed by atoms with Gasteiger partial charge in [0.2, 0.25) is 17.6 Å². The first-order chi connectivity index (χ1) is 16.3. The molecule has 1 amide bonds. The summed E-state index contributed by atoms with van der Waals surface area (Å²) >= 11 is 6.49. The topological polar surface area (TPSA) is 80.3 Å². The molecule has 1 aliphatic heterocycles. The van der Waals surface area contributed by atoms with Crippen molar-refractivity contribution in [2.75, 3.05) is 26.2 Å². The number of hydrogen-bond acceptors (Lipinski definition) is 6. The van der Waals surface area contributed by atoms with Gasteiger partial charge in [-0.15, -0.1) is 0 Å². The molecule has 0 saturated carbocycles. The van der Waals surface area contributed by atoms with Gasteiger partial charge in [0.1, 0.15) is 5.15 Å². The Balaban J connectivity index is 1.34. The second-order valence-corrected chi connectivity index (χ2v) is 9.42. The third-order valence-corrected chi connectivity index (χ3v) is 6.44. The lowest BCUT2D eigenvalue weighted by Gasteiger charge is -2.36. The fourth-order valence-electron chi connectivity index (χ4n) is 4.08. The maximum absolute atomic E-state index is 12.8. The van der Waals surface area contributed by atoms with Crippen molar-refractivity contribution < 1.29 is 9.32 Å². The Labute approximate surface area is 205 Å². The first kappa shape index (κ1) is 24.2. The first-order valence-corrected chi connectivity index (χ1v) is 12.0. The average molecular weight is 483 g/mol. The smallest absolute Gasteiger partial charge is 0.246 e. The number of aromatic nitrogens is 4. The highest BCUT2D eigenvalue weighted by Gasteiger charge is 2.27. The van der Waals surface area contributed by atoms with Crippen LogP contribution in [0.15, 0.2) is 40.9 Å². The molecule has 1 fully saturated rings. The molecule has 4 rings (SSSR count). The van der Waals surface area contributed by atoms with E-state index < -0.39 is 0 Å². The second kappa shape index (κ2) is 10.5. The Bertz CT molecular complexity index is 1150. The molecule has 3 aromatic rings. The number of nitrogens with zero attached hydrogens (tertiary/aromatic N) is 6. The predicted molar refractivity (Wildman–Crippen MR) is 132 cm³/mol. The molecule has 180 valence electrons. The number of aryl methyl sites for hydroxylation is 1. The third-order valence-electron chi connectivity index (χ3n) is 6.04. The van der Waals surface area contributed by atoms with Crippen LogP contribution < -0.4 is 0 Å². The van der Waals surface area contributed by atoms with Crippen LogP contribution in [-0.4, -0.2) is 61.8 Å². The van der Waals surface area contributed by atoms with Crippen molar-refractivity contribution in [2.45, 2.75) is 40.3 Å². The largest absolute Gasteiger partial charge is 0.337 e. The predicted octanol–water partition coefficient (Wildman–Crippen LogP) is 4.47. The Kier molecular flexibility index (Phi) is 7.48. The fraction of sp³-hybridized carbons (Fsp3) is 0.440. The molecule has 0 N–H and O–H groups in total. The Morgan fingerprint density at radius 3 is 2.53 bits per heavy atom. The molecule has 0 bridgehead atoms. The van der Waals surface area contributed by atoms with Gasteiger partial charge in [0.15, 0.2) is 0 Å². The zero-order chi connectivity index (χ0) is 24.2. The highest BCUT2D eigenvalue weighted by Crippen LogP contribution is 2.24. The molecule has 1 aliphatic rings. The van der Waals surface area contributed by atoms with Crippen LogP contribution in [0.5, 0.6) is 0 Å². The number of halogens is 1. The molecule has 1 saturated heterocycles. The van der Waals surface area contributed by atoms with Crippen LogP contribution in [0.25, 0.3) is 17.5 Å². The summed E-state index contributed by atoms with van der Waals surface area (Å²) in [6.07, 6.45) is 3.38. The fourth-order valence-corrected chi connectivity index (χ4v) is 4.39. The summed E-state index contributed by atoms with van der Waals surface area (Å²) in [7, 11) is 0. The number of benzene rings is 1. The van der Waals surface area contributed by atoms with Crippen LogP contribution in [0.4, 0.5) is 0 Å². The van der Waals surface area contributed by atoms with E-state index in [0.717, 1.165) is 36.5 Å². The lowest BCUT2D eigenvalue weighted by atomic mass is 10.2. The van der Waals surface area contributed by atoms with Gasteiger partial charge in [-0.25, -0.2) is 0 Å². The quantitative estimate of drug-likeness (QED) is 0.462. The second-order valence-electron chi connectivity index (χ2n) is 9.06. The van der Waals surface area contributed by atoms with Gasteiger partial charge in [0, 0.05) is 49.9 Å². The van der Waals surface area contributed by atoms with Crippen LogP contribution in [0.3, 0.4) is 0 Å². The normalized spacial score (nSPS) is 16.0. The number of piperazine rings is 1. The van der Waals surface area contributed by atoms with E-state index in [2.05, 4.69) is 40.9 Å². The van der Waals surface area contributed by atoms with Crippen LogP contribution in [0.1, 0.15) is 44.0 Å². The summed E-state index contributed by atoms with van der Waals surface area (Å²) in [6.45, 7) is 11.7. The van der Waals surface area contributed by atoms with E-state index in [1.54, 1.807) is 16.8 Å². The minimum absolute atomic E-state index is 0.0222. The van der Waals surface area contributed by atoms with Crippen LogP contribution in [0.2, 0.25) is 5.15 Å². The van der Waals surface area contributed by atoms with Gasteiger partial charge in [-0.2, -0.15) is 10.1 Å². The maximum Gasteiger partial charge on any atom is 0.246 e. The zero-order valence-corrected chi connectivity index (χ0v) is 20.9. The molecule has 8 nitrogen and oxygen atoms in total. The molecule has 34 heavy (non-hydrogen) atoms. The SMILES string of the molecule is Cc1nn(CC(C)C)c(Cl)c1/C=C/C(=O)N1CCN(C(C)c2nc(-c3ccccc3)no2)CC1. The molecule has 1 unspecified atom stereocenters. The minimum Gasteiger partial charge on any atom is -0.337 e. The number of carbonyl (C=O) groups is 1. The van der Waals surface area contributed by atoms with Gasteiger partial charge in [-0.3, -0.25) is 14.4 Å². The van der Waals surface area contributed by atoms with Crippen molar-refractivity contribution in [1.82, 2.24) is 29.7 Å². The number of hydrogen-bond donors (Lipinski definition) is 0. The van der Waals surface area contributed by atoms with Crippen LogP contribution >= 0.6 is 11.6 Å². The molecule has 9 heteroatoms. The van der Waals surface area contributed by atoms with Crippen molar-refractivity contribution in [3.05, 3.63) is 58.7 Å². The molecule has 0 radical (unpaired) electrons. The van der Waals surface area contributed by atoms with Crippen molar-refractivity contribution in [3.8, 4) is 11.4 Å². The van der Waals surface area contributed by atoms with Crippen molar-refractivity contribution >= 4 is 23.6 Å². The van der Waals surface area contributed by atoms with Gasteiger partial charge in [0.05, 0.1) is 11.7 Å². The highest BCUT2D eigenvalue weighted by molar-refractivity contribution is 6.31. The van der Waals surface area contributed by atoms with Gasteiger partial charge >= 0.3 is 0 Å². The average Bonchev–Trinajstić information content (AvgIpc) is 3.43. The van der Waals surface area contributed by atoms with Gasteiger partial charge in [0.25, 0.3) is 0 Å². The van der Waals surface area contributed by atoms with E-state index >= 15 is 0 Å². The van der Waals surface area contributed by atoms with Crippen molar-refractivity contribution in [2.24, 2.45) is 5.92 Å². The van der Waals surface area contributed by atoms with E-state index in [9.17, 15) is 4.79 Å². The highest BCUT2D eigenvalue weighted by atomic mass is 35.5. The summed E-state index contributed by atoms with van der Waals surface area (Å²) in [5, 5.41) is 9.20. The Morgan fingerprint density at radius 1 is 1.15 bits per heavy atom. The zero-order valence-electron chi connectivity index (χ0n) is 20.1. The Morgan fingerprint density at radius 2 is 1.85 bits per heavy atom. The molecule has 0 spiro atoms. The molecular formula is C25H31ClN6O2. The lowest BCUT2D eigenvalue weighted by molar-refractivity contribution is -0.128. The summed E-state index contributed by atoms with van der Waals surface area (Å²) in [5.41, 5.74) is 2.55. The van der Waals surface area contributed by atoms with Gasteiger partial charge in [-0.05, 0) is 25.8 Å². The minimum atomic E-state index is -0.0245. The Hall–Kier alpha value is -2.97. The van der Waals surface area contributed by atoms with Gasteiger partial charge < -0.3 is 9.42 Å². The van der Waals surface area contributed by atoms with E-state index in [1.165, 1.54) is 0 Å². The molecule has 1 atom stereocenters. The third kappa shape index (κ3) is 5.39. The monoisotopic (exact) mass is 482 g/mol. The summed E-state index contributed by atoms with van der Waals surface area (Å²) < 4.78 is 7.33.